The van der Waals surface area contributed by atoms with Gasteiger partial charge >= 0.3 is 0 Å². The van der Waals surface area contributed by atoms with Crippen molar-refractivity contribution < 1.29 is 9.53 Å². The summed E-state index contributed by atoms with van der Waals surface area (Å²) in [5.74, 6) is 0.832. The molecule has 1 amide bonds. The fourth-order valence-electron chi connectivity index (χ4n) is 2.36. The SMILES string of the molecule is CCOc1ccc(-c2cccc(NC(C)=O)c2)cc1CNC. The summed E-state index contributed by atoms with van der Waals surface area (Å²) in [5, 5.41) is 5.97. The van der Waals surface area contributed by atoms with Crippen LogP contribution in [0.1, 0.15) is 19.4 Å². The lowest BCUT2D eigenvalue weighted by Gasteiger charge is -2.13. The van der Waals surface area contributed by atoms with Crippen molar-refractivity contribution in [2.24, 2.45) is 0 Å². The van der Waals surface area contributed by atoms with Gasteiger partial charge in [-0.3, -0.25) is 4.79 Å². The first kappa shape index (κ1) is 16.0. The van der Waals surface area contributed by atoms with E-state index in [1.807, 2.05) is 50.4 Å². The van der Waals surface area contributed by atoms with Crippen molar-refractivity contribution in [3.63, 3.8) is 0 Å². The number of amides is 1. The maximum Gasteiger partial charge on any atom is 0.221 e. The molecule has 0 atom stereocenters. The smallest absolute Gasteiger partial charge is 0.221 e. The molecule has 0 aromatic heterocycles. The lowest BCUT2D eigenvalue weighted by Crippen LogP contribution is -2.08. The van der Waals surface area contributed by atoms with Crippen molar-refractivity contribution in [2.45, 2.75) is 20.4 Å². The summed E-state index contributed by atoms with van der Waals surface area (Å²) in [6.45, 7) is 4.88. The maximum atomic E-state index is 11.2. The third-order valence-corrected chi connectivity index (χ3v) is 3.24. The molecule has 0 heterocycles. The largest absolute Gasteiger partial charge is 0.494 e. The quantitative estimate of drug-likeness (QED) is 0.859. The molecular formula is C18H22N2O2. The highest BCUT2D eigenvalue weighted by atomic mass is 16.5. The van der Waals surface area contributed by atoms with Crippen LogP contribution in [0, 0.1) is 0 Å². The summed E-state index contributed by atoms with van der Waals surface area (Å²) in [6.07, 6.45) is 0. The molecule has 2 aromatic carbocycles. The summed E-state index contributed by atoms with van der Waals surface area (Å²) >= 11 is 0. The van der Waals surface area contributed by atoms with Gasteiger partial charge in [0.15, 0.2) is 0 Å². The van der Waals surface area contributed by atoms with Gasteiger partial charge in [0, 0.05) is 24.7 Å². The molecule has 0 aliphatic carbocycles. The van der Waals surface area contributed by atoms with E-state index in [-0.39, 0.29) is 5.91 Å². The maximum absolute atomic E-state index is 11.2. The average molecular weight is 298 g/mol. The Morgan fingerprint density at radius 1 is 1.14 bits per heavy atom. The second kappa shape index (κ2) is 7.61. The van der Waals surface area contributed by atoms with Crippen LogP contribution in [0.2, 0.25) is 0 Å². The highest BCUT2D eigenvalue weighted by Gasteiger charge is 2.07. The van der Waals surface area contributed by atoms with Crippen LogP contribution in [0.25, 0.3) is 11.1 Å². The van der Waals surface area contributed by atoms with E-state index in [1.54, 1.807) is 0 Å². The molecule has 0 aliphatic heterocycles. The van der Waals surface area contributed by atoms with Gasteiger partial charge in [-0.1, -0.05) is 18.2 Å². The van der Waals surface area contributed by atoms with E-state index in [0.29, 0.717) is 6.61 Å². The molecule has 0 spiro atoms. The zero-order valence-electron chi connectivity index (χ0n) is 13.3. The minimum Gasteiger partial charge on any atom is -0.494 e. The molecule has 0 unspecified atom stereocenters. The Morgan fingerprint density at radius 2 is 1.91 bits per heavy atom. The Hall–Kier alpha value is -2.33. The van der Waals surface area contributed by atoms with Gasteiger partial charge in [-0.25, -0.2) is 0 Å². The van der Waals surface area contributed by atoms with Crippen molar-refractivity contribution in [3.05, 3.63) is 48.0 Å². The number of nitrogens with one attached hydrogen (secondary N) is 2. The van der Waals surface area contributed by atoms with Crippen molar-refractivity contribution in [1.29, 1.82) is 0 Å². The first-order chi connectivity index (χ1) is 10.6. The summed E-state index contributed by atoms with van der Waals surface area (Å²) in [4.78, 5) is 11.2. The van der Waals surface area contributed by atoms with Gasteiger partial charge < -0.3 is 15.4 Å². The fraction of sp³-hybridized carbons (Fsp3) is 0.278. The van der Waals surface area contributed by atoms with Crippen LogP contribution in [0.4, 0.5) is 5.69 Å². The number of hydrogen-bond donors (Lipinski definition) is 2. The third kappa shape index (κ3) is 4.09. The van der Waals surface area contributed by atoms with E-state index in [9.17, 15) is 4.79 Å². The van der Waals surface area contributed by atoms with E-state index in [0.717, 1.165) is 34.7 Å². The average Bonchev–Trinajstić information content (AvgIpc) is 2.49. The lowest BCUT2D eigenvalue weighted by atomic mass is 10.0. The van der Waals surface area contributed by atoms with E-state index < -0.39 is 0 Å². The Kier molecular flexibility index (Phi) is 5.55. The van der Waals surface area contributed by atoms with E-state index in [2.05, 4.69) is 16.7 Å². The number of carbonyl (C=O) groups excluding carboxylic acids is 1. The standard InChI is InChI=1S/C18H22N2O2/c1-4-22-18-9-8-15(10-16(18)12-19-3)14-6-5-7-17(11-14)20-13(2)21/h5-11,19H,4,12H2,1-3H3,(H,20,21). The minimum absolute atomic E-state index is 0.0697. The van der Waals surface area contributed by atoms with E-state index >= 15 is 0 Å². The molecule has 0 saturated carbocycles. The topological polar surface area (TPSA) is 50.4 Å². The number of anilines is 1. The molecule has 2 rings (SSSR count). The number of hydrogen-bond acceptors (Lipinski definition) is 3. The summed E-state index contributed by atoms with van der Waals surface area (Å²) in [5.41, 5.74) is 4.08. The molecule has 0 fully saturated rings. The highest BCUT2D eigenvalue weighted by molar-refractivity contribution is 5.89. The van der Waals surface area contributed by atoms with Gasteiger partial charge in [0.25, 0.3) is 0 Å². The molecule has 4 heteroatoms. The second-order valence-electron chi connectivity index (χ2n) is 5.05. The molecule has 0 aliphatic rings. The van der Waals surface area contributed by atoms with Crippen LogP contribution in [-0.4, -0.2) is 19.6 Å². The first-order valence-electron chi connectivity index (χ1n) is 7.42. The zero-order valence-corrected chi connectivity index (χ0v) is 13.3. The number of carbonyl (C=O) groups is 1. The molecule has 0 radical (unpaired) electrons. The zero-order chi connectivity index (χ0) is 15.9. The monoisotopic (exact) mass is 298 g/mol. The van der Waals surface area contributed by atoms with Crippen molar-refractivity contribution >= 4 is 11.6 Å². The van der Waals surface area contributed by atoms with Crippen molar-refractivity contribution in [3.8, 4) is 16.9 Å². The minimum atomic E-state index is -0.0697. The van der Waals surface area contributed by atoms with Crippen LogP contribution in [0.3, 0.4) is 0 Å². The highest BCUT2D eigenvalue weighted by Crippen LogP contribution is 2.28. The van der Waals surface area contributed by atoms with Gasteiger partial charge in [0.1, 0.15) is 5.75 Å². The van der Waals surface area contributed by atoms with Crippen molar-refractivity contribution in [1.82, 2.24) is 5.32 Å². The summed E-state index contributed by atoms with van der Waals surface area (Å²) in [6, 6.07) is 14.0. The molecule has 0 bridgehead atoms. The van der Waals surface area contributed by atoms with E-state index in [4.69, 9.17) is 4.74 Å². The predicted molar refractivity (Wildman–Crippen MR) is 90.1 cm³/mol. The third-order valence-electron chi connectivity index (χ3n) is 3.24. The van der Waals surface area contributed by atoms with Crippen LogP contribution >= 0.6 is 0 Å². The number of benzene rings is 2. The van der Waals surface area contributed by atoms with E-state index in [1.165, 1.54) is 6.92 Å². The number of rotatable bonds is 6. The molecule has 116 valence electrons. The van der Waals surface area contributed by atoms with Gasteiger partial charge in [0.2, 0.25) is 5.91 Å². The molecule has 4 nitrogen and oxygen atoms in total. The Morgan fingerprint density at radius 3 is 2.59 bits per heavy atom. The van der Waals surface area contributed by atoms with Crippen LogP contribution in [-0.2, 0) is 11.3 Å². The second-order valence-corrected chi connectivity index (χ2v) is 5.05. The molecular weight excluding hydrogens is 276 g/mol. The lowest BCUT2D eigenvalue weighted by molar-refractivity contribution is -0.114. The normalized spacial score (nSPS) is 10.3. The summed E-state index contributed by atoms with van der Waals surface area (Å²) in [7, 11) is 1.92. The summed E-state index contributed by atoms with van der Waals surface area (Å²) < 4.78 is 5.66. The molecule has 2 N–H and O–H groups in total. The van der Waals surface area contributed by atoms with Crippen LogP contribution in [0.5, 0.6) is 5.75 Å². The van der Waals surface area contributed by atoms with Gasteiger partial charge in [-0.2, -0.15) is 0 Å². The molecule has 2 aromatic rings. The Balaban J connectivity index is 2.35. The van der Waals surface area contributed by atoms with Gasteiger partial charge in [0.05, 0.1) is 6.61 Å². The molecule has 22 heavy (non-hydrogen) atoms. The first-order valence-corrected chi connectivity index (χ1v) is 7.42. The Labute approximate surface area is 131 Å². The van der Waals surface area contributed by atoms with Gasteiger partial charge in [-0.05, 0) is 49.4 Å². The van der Waals surface area contributed by atoms with Crippen molar-refractivity contribution in [2.75, 3.05) is 19.0 Å². The van der Waals surface area contributed by atoms with Crippen LogP contribution < -0.4 is 15.4 Å². The number of ether oxygens (including phenoxy) is 1. The Bertz CT molecular complexity index is 653. The van der Waals surface area contributed by atoms with Crippen LogP contribution in [0.15, 0.2) is 42.5 Å². The van der Waals surface area contributed by atoms with Gasteiger partial charge in [-0.15, -0.1) is 0 Å². The molecule has 0 saturated heterocycles. The predicted octanol–water partition coefficient (Wildman–Crippen LogP) is 3.43. The fourth-order valence-corrected chi connectivity index (χ4v) is 2.36.